The molecule has 0 amide bonds. The van der Waals surface area contributed by atoms with Gasteiger partial charge in [-0.1, -0.05) is 0 Å². The van der Waals surface area contributed by atoms with Crippen LogP contribution in [0.5, 0.6) is 0 Å². The molecule has 0 saturated heterocycles. The Balaban J connectivity index is 1.79. The van der Waals surface area contributed by atoms with Crippen molar-refractivity contribution in [1.82, 2.24) is 0 Å². The first-order chi connectivity index (χ1) is 15.4. The molecule has 10 nitrogen and oxygen atoms in total. The summed E-state index contributed by atoms with van der Waals surface area (Å²) in [5.41, 5.74) is 0. The fourth-order valence-corrected chi connectivity index (χ4v) is 5.11. The van der Waals surface area contributed by atoms with Gasteiger partial charge >= 0.3 is 11.9 Å². The summed E-state index contributed by atoms with van der Waals surface area (Å²) in [6.45, 7) is -0.622. The summed E-state index contributed by atoms with van der Waals surface area (Å²) in [6, 6.07) is 0. The second-order valence-corrected chi connectivity index (χ2v) is 8.65. The maximum Gasteiger partial charge on any atom is 0.309 e. The Morgan fingerprint density at radius 1 is 0.688 bits per heavy atom. The highest BCUT2D eigenvalue weighted by Gasteiger charge is 2.42. The molecule has 0 aromatic heterocycles. The molecule has 4 atom stereocenters. The molecule has 0 bridgehead atoms. The number of hydrogen-bond acceptors (Lipinski definition) is 10. The number of hydrogen-bond donors (Lipinski definition) is 3. The van der Waals surface area contributed by atoms with Crippen LogP contribution >= 0.6 is 0 Å². The number of aliphatic hydroxyl groups is 3. The predicted molar refractivity (Wildman–Crippen MR) is 111 cm³/mol. The molecule has 0 aromatic carbocycles. The molecule has 3 N–H and O–H groups in total. The van der Waals surface area contributed by atoms with Crippen molar-refractivity contribution in [1.29, 1.82) is 0 Å². The molecular weight excluding hydrogens is 424 g/mol. The summed E-state index contributed by atoms with van der Waals surface area (Å²) in [5.74, 6) is -2.52. The van der Waals surface area contributed by atoms with Gasteiger partial charge in [0.15, 0.2) is 0 Å². The highest BCUT2D eigenvalue weighted by atomic mass is 16.6. The molecular formula is C22H38O10. The minimum atomic E-state index is -0.475. The first kappa shape index (κ1) is 26.9. The lowest BCUT2D eigenvalue weighted by molar-refractivity contribution is -0.171. The van der Waals surface area contributed by atoms with Gasteiger partial charge in [0.1, 0.15) is 19.3 Å². The number of ether oxygens (including phenoxy) is 5. The molecule has 2 fully saturated rings. The SMILES string of the molecule is COC1CC(C(=O)OCCOC(=O)C2CC(CO)C(CO)C(CO)C2)CC(OC)C1OC. The fourth-order valence-electron chi connectivity index (χ4n) is 5.11. The molecule has 0 radical (unpaired) electrons. The lowest BCUT2D eigenvalue weighted by Gasteiger charge is -2.39. The van der Waals surface area contributed by atoms with Gasteiger partial charge in [-0.15, -0.1) is 0 Å². The Bertz CT molecular complexity index is 507. The van der Waals surface area contributed by atoms with Gasteiger partial charge in [-0.25, -0.2) is 0 Å². The summed E-state index contributed by atoms with van der Waals surface area (Å²) in [6.07, 6.45) is 0.831. The van der Waals surface area contributed by atoms with Crippen molar-refractivity contribution in [3.63, 3.8) is 0 Å². The molecule has 2 aliphatic rings. The van der Waals surface area contributed by atoms with E-state index >= 15 is 0 Å². The van der Waals surface area contributed by atoms with Gasteiger partial charge in [-0.3, -0.25) is 9.59 Å². The summed E-state index contributed by atoms with van der Waals surface area (Å²) < 4.78 is 26.9. The number of carbonyl (C=O) groups excluding carboxylic acids is 2. The molecule has 0 heterocycles. The van der Waals surface area contributed by atoms with Crippen molar-refractivity contribution in [2.45, 2.75) is 44.0 Å². The van der Waals surface area contributed by atoms with E-state index in [1.54, 1.807) is 21.3 Å². The Hall–Kier alpha value is -1.30. The Morgan fingerprint density at radius 3 is 1.47 bits per heavy atom. The van der Waals surface area contributed by atoms with E-state index in [2.05, 4.69) is 0 Å². The van der Waals surface area contributed by atoms with Gasteiger partial charge in [0.25, 0.3) is 0 Å². The lowest BCUT2D eigenvalue weighted by Crippen LogP contribution is -2.49. The summed E-state index contributed by atoms with van der Waals surface area (Å²) in [4.78, 5) is 25.0. The van der Waals surface area contributed by atoms with Crippen molar-refractivity contribution >= 4 is 11.9 Å². The third kappa shape index (κ3) is 6.61. The molecule has 2 saturated carbocycles. The first-order valence-corrected chi connectivity index (χ1v) is 11.2. The van der Waals surface area contributed by atoms with Crippen LogP contribution in [-0.2, 0) is 33.3 Å². The van der Waals surface area contributed by atoms with Crippen molar-refractivity contribution in [3.05, 3.63) is 0 Å². The van der Waals surface area contributed by atoms with Crippen LogP contribution in [-0.4, -0.2) is 99.9 Å². The van der Waals surface area contributed by atoms with E-state index < -0.39 is 23.8 Å². The minimum absolute atomic E-state index is 0.0665. The van der Waals surface area contributed by atoms with Crippen molar-refractivity contribution in [2.24, 2.45) is 29.6 Å². The molecule has 2 aliphatic carbocycles. The Morgan fingerprint density at radius 2 is 1.12 bits per heavy atom. The molecule has 10 heteroatoms. The monoisotopic (exact) mass is 462 g/mol. The third-order valence-corrected chi connectivity index (χ3v) is 6.95. The number of carbonyl (C=O) groups is 2. The second-order valence-electron chi connectivity index (χ2n) is 8.65. The zero-order chi connectivity index (χ0) is 23.7. The largest absolute Gasteiger partial charge is 0.462 e. The highest BCUT2D eigenvalue weighted by Crippen LogP contribution is 2.38. The van der Waals surface area contributed by atoms with E-state index in [4.69, 9.17) is 23.7 Å². The van der Waals surface area contributed by atoms with Crippen LogP contribution in [0.4, 0.5) is 0 Å². The van der Waals surface area contributed by atoms with Crippen molar-refractivity contribution in [2.75, 3.05) is 54.4 Å². The van der Waals surface area contributed by atoms with Crippen molar-refractivity contribution in [3.8, 4) is 0 Å². The first-order valence-electron chi connectivity index (χ1n) is 11.2. The molecule has 0 aliphatic heterocycles. The maximum atomic E-state index is 12.5. The molecule has 2 rings (SSSR count). The Labute approximate surface area is 189 Å². The van der Waals surface area contributed by atoms with Crippen LogP contribution in [0, 0.1) is 29.6 Å². The molecule has 0 aromatic rings. The van der Waals surface area contributed by atoms with Gasteiger partial charge in [0.2, 0.25) is 0 Å². The van der Waals surface area contributed by atoms with E-state index in [1.165, 1.54) is 0 Å². The standard InChI is InChI=1S/C22H38O10/c1-28-18-8-14(9-19(29-2)20(18)30-3)22(27)32-5-4-31-21(26)13-6-15(10-23)17(12-25)16(7-13)11-24/h13-20,23-25H,4-12H2,1-3H3. The lowest BCUT2D eigenvalue weighted by atomic mass is 9.68. The molecule has 0 spiro atoms. The highest BCUT2D eigenvalue weighted by molar-refractivity contribution is 5.73. The number of rotatable bonds is 11. The second kappa shape index (κ2) is 13.4. The van der Waals surface area contributed by atoms with Crippen molar-refractivity contribution < 1.29 is 48.6 Å². The molecule has 186 valence electrons. The normalized spacial score (nSPS) is 35.3. The summed E-state index contributed by atoms with van der Waals surface area (Å²) >= 11 is 0. The van der Waals surface area contributed by atoms with E-state index in [1.807, 2.05) is 0 Å². The van der Waals surface area contributed by atoms with Gasteiger partial charge in [0, 0.05) is 41.2 Å². The number of esters is 2. The number of methoxy groups -OCH3 is 3. The van der Waals surface area contributed by atoms with Gasteiger partial charge in [-0.05, 0) is 43.4 Å². The van der Waals surface area contributed by atoms with Gasteiger partial charge in [0.05, 0.1) is 24.0 Å². The Kier molecular flexibility index (Phi) is 11.3. The van der Waals surface area contributed by atoms with Crippen LogP contribution in [0.3, 0.4) is 0 Å². The van der Waals surface area contributed by atoms with Gasteiger partial charge in [-0.2, -0.15) is 0 Å². The molecule has 4 unspecified atom stereocenters. The van der Waals surface area contributed by atoms with E-state index in [9.17, 15) is 24.9 Å². The fraction of sp³-hybridized carbons (Fsp3) is 0.909. The number of aliphatic hydroxyl groups excluding tert-OH is 3. The summed E-state index contributed by atoms with van der Waals surface area (Å²) in [5, 5.41) is 28.7. The minimum Gasteiger partial charge on any atom is -0.462 e. The average molecular weight is 463 g/mol. The van der Waals surface area contributed by atoms with Crippen LogP contribution < -0.4 is 0 Å². The van der Waals surface area contributed by atoms with E-state index in [-0.39, 0.29) is 69.1 Å². The van der Waals surface area contributed by atoms with Crippen LogP contribution in [0.15, 0.2) is 0 Å². The van der Waals surface area contributed by atoms with Crippen LogP contribution in [0.25, 0.3) is 0 Å². The topological polar surface area (TPSA) is 141 Å². The quantitative estimate of drug-likeness (QED) is 0.278. The van der Waals surface area contributed by atoms with Gasteiger partial charge < -0.3 is 39.0 Å². The molecule has 32 heavy (non-hydrogen) atoms. The van der Waals surface area contributed by atoms with Crippen LogP contribution in [0.1, 0.15) is 25.7 Å². The van der Waals surface area contributed by atoms with E-state index in [0.29, 0.717) is 25.7 Å². The average Bonchev–Trinajstić information content (AvgIpc) is 2.83. The third-order valence-electron chi connectivity index (χ3n) is 6.95. The maximum absolute atomic E-state index is 12.5. The summed E-state index contributed by atoms with van der Waals surface area (Å²) in [7, 11) is 4.71. The van der Waals surface area contributed by atoms with Crippen LogP contribution in [0.2, 0.25) is 0 Å². The van der Waals surface area contributed by atoms with E-state index in [0.717, 1.165) is 0 Å². The predicted octanol–water partition coefficient (Wildman–Crippen LogP) is -0.237. The zero-order valence-corrected chi connectivity index (χ0v) is 19.2. The zero-order valence-electron chi connectivity index (χ0n) is 19.2. The smallest absolute Gasteiger partial charge is 0.309 e.